The second-order valence-corrected chi connectivity index (χ2v) is 5.06. The van der Waals surface area contributed by atoms with Crippen LogP contribution < -0.4 is 15.2 Å². The summed E-state index contributed by atoms with van der Waals surface area (Å²) >= 11 is 3.38. The van der Waals surface area contributed by atoms with Crippen LogP contribution in [0.5, 0.6) is 11.5 Å². The van der Waals surface area contributed by atoms with E-state index in [4.69, 9.17) is 15.2 Å². The quantitative estimate of drug-likeness (QED) is 0.916. The maximum atomic E-state index is 6.09. The van der Waals surface area contributed by atoms with Gasteiger partial charge in [-0.1, -0.05) is 28.1 Å². The molecule has 2 aromatic rings. The maximum absolute atomic E-state index is 6.09. The zero-order valence-electron chi connectivity index (χ0n) is 10.7. The fourth-order valence-electron chi connectivity index (χ4n) is 1.66. The SMILES string of the molecule is COc1ccc(C(N)COc2ccc(Br)cc2)cc1. The first-order chi connectivity index (χ1) is 9.19. The number of hydrogen-bond acceptors (Lipinski definition) is 3. The molecule has 0 fully saturated rings. The first kappa shape index (κ1) is 13.9. The fraction of sp³-hybridized carbons (Fsp3) is 0.200. The molecule has 4 heteroatoms. The molecule has 3 nitrogen and oxygen atoms in total. The normalized spacial score (nSPS) is 11.9. The first-order valence-corrected chi connectivity index (χ1v) is 6.76. The molecule has 0 saturated carbocycles. The van der Waals surface area contributed by atoms with Crippen LogP contribution in [-0.2, 0) is 0 Å². The van der Waals surface area contributed by atoms with E-state index in [1.807, 2.05) is 48.5 Å². The van der Waals surface area contributed by atoms with Crippen molar-refractivity contribution in [2.24, 2.45) is 5.73 Å². The minimum Gasteiger partial charge on any atom is -0.497 e. The molecule has 2 aromatic carbocycles. The van der Waals surface area contributed by atoms with E-state index in [0.717, 1.165) is 21.5 Å². The third-order valence-corrected chi connectivity index (χ3v) is 3.32. The van der Waals surface area contributed by atoms with E-state index in [-0.39, 0.29) is 6.04 Å². The summed E-state index contributed by atoms with van der Waals surface area (Å²) in [6, 6.07) is 15.2. The molecule has 0 aliphatic heterocycles. The molecule has 2 rings (SSSR count). The lowest BCUT2D eigenvalue weighted by atomic mass is 10.1. The Hall–Kier alpha value is -1.52. The third-order valence-electron chi connectivity index (χ3n) is 2.79. The number of methoxy groups -OCH3 is 1. The van der Waals surface area contributed by atoms with E-state index in [9.17, 15) is 0 Å². The predicted molar refractivity (Wildman–Crippen MR) is 79.6 cm³/mol. The monoisotopic (exact) mass is 321 g/mol. The van der Waals surface area contributed by atoms with Crippen LogP contribution in [0.2, 0.25) is 0 Å². The Labute approximate surface area is 121 Å². The summed E-state index contributed by atoms with van der Waals surface area (Å²) < 4.78 is 11.8. The molecular formula is C15H16BrNO2. The minimum absolute atomic E-state index is 0.158. The van der Waals surface area contributed by atoms with Crippen LogP contribution >= 0.6 is 15.9 Å². The summed E-state index contributed by atoms with van der Waals surface area (Å²) in [6.45, 7) is 0.438. The summed E-state index contributed by atoms with van der Waals surface area (Å²) in [5.74, 6) is 1.64. The van der Waals surface area contributed by atoms with Crippen LogP contribution in [0, 0.1) is 0 Å². The van der Waals surface area contributed by atoms with Gasteiger partial charge in [0, 0.05) is 4.47 Å². The molecule has 0 aromatic heterocycles. The van der Waals surface area contributed by atoms with Gasteiger partial charge in [-0.3, -0.25) is 0 Å². The Morgan fingerprint density at radius 1 is 1.00 bits per heavy atom. The molecule has 100 valence electrons. The molecular weight excluding hydrogens is 306 g/mol. The highest BCUT2D eigenvalue weighted by molar-refractivity contribution is 9.10. The number of ether oxygens (including phenoxy) is 2. The molecule has 0 heterocycles. The Balaban J connectivity index is 1.93. The van der Waals surface area contributed by atoms with Gasteiger partial charge in [-0.15, -0.1) is 0 Å². The summed E-state index contributed by atoms with van der Waals surface area (Å²) in [5.41, 5.74) is 7.12. The van der Waals surface area contributed by atoms with E-state index in [1.54, 1.807) is 7.11 Å². The Morgan fingerprint density at radius 2 is 1.58 bits per heavy atom. The van der Waals surface area contributed by atoms with Gasteiger partial charge < -0.3 is 15.2 Å². The molecule has 0 aliphatic carbocycles. The van der Waals surface area contributed by atoms with E-state index in [2.05, 4.69) is 15.9 Å². The second kappa shape index (κ2) is 6.59. The number of halogens is 1. The summed E-state index contributed by atoms with van der Waals surface area (Å²) in [6.07, 6.45) is 0. The largest absolute Gasteiger partial charge is 0.497 e. The summed E-state index contributed by atoms with van der Waals surface area (Å²) in [7, 11) is 1.64. The van der Waals surface area contributed by atoms with Crippen LogP contribution in [0.4, 0.5) is 0 Å². The first-order valence-electron chi connectivity index (χ1n) is 5.97. The predicted octanol–water partition coefficient (Wildman–Crippen LogP) is 3.54. The maximum Gasteiger partial charge on any atom is 0.119 e. The van der Waals surface area contributed by atoms with Gasteiger partial charge in [0.15, 0.2) is 0 Å². The van der Waals surface area contributed by atoms with Crippen LogP contribution in [0.1, 0.15) is 11.6 Å². The summed E-state index contributed by atoms with van der Waals surface area (Å²) in [5, 5.41) is 0. The smallest absolute Gasteiger partial charge is 0.119 e. The van der Waals surface area contributed by atoms with Crippen molar-refractivity contribution in [3.05, 3.63) is 58.6 Å². The topological polar surface area (TPSA) is 44.5 Å². The number of hydrogen-bond donors (Lipinski definition) is 1. The van der Waals surface area contributed by atoms with Crippen molar-refractivity contribution < 1.29 is 9.47 Å². The van der Waals surface area contributed by atoms with Crippen LogP contribution in [0.25, 0.3) is 0 Å². The van der Waals surface area contributed by atoms with Crippen LogP contribution in [0.15, 0.2) is 53.0 Å². The van der Waals surface area contributed by atoms with E-state index < -0.39 is 0 Å². The van der Waals surface area contributed by atoms with Crippen molar-refractivity contribution in [2.75, 3.05) is 13.7 Å². The Morgan fingerprint density at radius 3 is 2.16 bits per heavy atom. The van der Waals surface area contributed by atoms with E-state index in [0.29, 0.717) is 6.61 Å². The average molecular weight is 322 g/mol. The molecule has 2 N–H and O–H groups in total. The van der Waals surface area contributed by atoms with Crippen molar-refractivity contribution in [2.45, 2.75) is 6.04 Å². The van der Waals surface area contributed by atoms with Gasteiger partial charge in [0.05, 0.1) is 13.2 Å². The molecule has 0 radical (unpaired) electrons. The van der Waals surface area contributed by atoms with E-state index in [1.165, 1.54) is 0 Å². The fourth-order valence-corrected chi connectivity index (χ4v) is 1.93. The molecule has 0 bridgehead atoms. The van der Waals surface area contributed by atoms with Gasteiger partial charge in [0.2, 0.25) is 0 Å². The van der Waals surface area contributed by atoms with Gasteiger partial charge in [-0.05, 0) is 42.0 Å². The Kier molecular flexibility index (Phi) is 4.82. The molecule has 1 unspecified atom stereocenters. The number of nitrogens with two attached hydrogens (primary N) is 1. The van der Waals surface area contributed by atoms with Crippen LogP contribution in [0.3, 0.4) is 0 Å². The van der Waals surface area contributed by atoms with Crippen molar-refractivity contribution in [3.63, 3.8) is 0 Å². The lowest BCUT2D eigenvalue weighted by molar-refractivity contribution is 0.290. The number of rotatable bonds is 5. The molecule has 0 amide bonds. The molecule has 19 heavy (non-hydrogen) atoms. The van der Waals surface area contributed by atoms with Gasteiger partial charge >= 0.3 is 0 Å². The highest BCUT2D eigenvalue weighted by Gasteiger charge is 2.07. The molecule has 0 saturated heterocycles. The summed E-state index contributed by atoms with van der Waals surface area (Å²) in [4.78, 5) is 0. The van der Waals surface area contributed by atoms with Crippen molar-refractivity contribution in [3.8, 4) is 11.5 Å². The van der Waals surface area contributed by atoms with Crippen molar-refractivity contribution in [1.82, 2.24) is 0 Å². The standard InChI is InChI=1S/C15H16BrNO2/c1-18-13-6-2-11(3-7-13)15(17)10-19-14-8-4-12(16)5-9-14/h2-9,15H,10,17H2,1H3. The van der Waals surface area contributed by atoms with Crippen molar-refractivity contribution in [1.29, 1.82) is 0 Å². The minimum atomic E-state index is -0.158. The van der Waals surface area contributed by atoms with E-state index >= 15 is 0 Å². The molecule has 0 spiro atoms. The Bertz CT molecular complexity index is 511. The lowest BCUT2D eigenvalue weighted by Crippen LogP contribution is -2.18. The zero-order valence-corrected chi connectivity index (χ0v) is 12.3. The van der Waals surface area contributed by atoms with Crippen LogP contribution in [-0.4, -0.2) is 13.7 Å². The van der Waals surface area contributed by atoms with Crippen molar-refractivity contribution >= 4 is 15.9 Å². The highest BCUT2D eigenvalue weighted by Crippen LogP contribution is 2.19. The number of benzene rings is 2. The molecule has 0 aliphatic rings. The average Bonchev–Trinajstić information content (AvgIpc) is 2.46. The molecule has 1 atom stereocenters. The second-order valence-electron chi connectivity index (χ2n) is 4.14. The zero-order chi connectivity index (χ0) is 13.7. The van der Waals surface area contributed by atoms with Gasteiger partial charge in [-0.2, -0.15) is 0 Å². The highest BCUT2D eigenvalue weighted by atomic mass is 79.9. The lowest BCUT2D eigenvalue weighted by Gasteiger charge is -2.14. The third kappa shape index (κ3) is 3.98. The van der Waals surface area contributed by atoms with Gasteiger partial charge in [0.1, 0.15) is 18.1 Å². The van der Waals surface area contributed by atoms with Gasteiger partial charge in [0.25, 0.3) is 0 Å². The van der Waals surface area contributed by atoms with Gasteiger partial charge in [-0.25, -0.2) is 0 Å².